The lowest BCUT2D eigenvalue weighted by atomic mass is 10.4. The van der Waals surface area contributed by atoms with Crippen LogP contribution in [0.25, 0.3) is 0 Å². The lowest BCUT2D eigenvalue weighted by Gasteiger charge is -1.69. The molecule has 0 saturated heterocycles. The van der Waals surface area contributed by atoms with Gasteiger partial charge in [0.25, 0.3) is 0 Å². The van der Waals surface area contributed by atoms with Gasteiger partial charge in [0.05, 0.1) is 0 Å². The molecule has 2 N–H and O–H groups in total. The summed E-state index contributed by atoms with van der Waals surface area (Å²) in [6, 6.07) is 24.0. The molecule has 2 heteroatoms. The van der Waals surface area contributed by atoms with Crippen LogP contribution in [0.5, 0.6) is 0 Å². The van der Waals surface area contributed by atoms with Gasteiger partial charge in [-0.15, -0.1) is 0 Å². The van der Waals surface area contributed by atoms with Crippen molar-refractivity contribution in [2.24, 2.45) is 5.73 Å². The molecular weight excluding hydrogens is 234 g/mol. The van der Waals surface area contributed by atoms with E-state index >= 15 is 0 Å². The molecule has 0 heterocycles. The molecule has 2 aromatic rings. The monoisotopic (exact) mass is 263 g/mol. The topological polar surface area (TPSA) is 35.2 Å². The third-order valence-electron chi connectivity index (χ3n) is 1.33. The summed E-state index contributed by atoms with van der Waals surface area (Å²) in [4.78, 5) is 0. The number of hydrogen-bond acceptors (Lipinski definition) is 2. The van der Waals surface area contributed by atoms with Crippen LogP contribution in [0, 0.1) is 0 Å². The molecule has 0 fully saturated rings. The second-order valence-corrected chi connectivity index (χ2v) is 2.72. The lowest BCUT2D eigenvalue weighted by Crippen LogP contribution is -1.69. The zero-order valence-electron chi connectivity index (χ0n) is 12.9. The van der Waals surface area contributed by atoms with Crippen LogP contribution in [0.4, 0.5) is 0 Å². The van der Waals surface area contributed by atoms with Crippen LogP contribution in [0.2, 0.25) is 0 Å². The third-order valence-corrected chi connectivity index (χ3v) is 1.33. The van der Waals surface area contributed by atoms with Gasteiger partial charge in [-0.2, -0.15) is 0 Å². The molecule has 19 heavy (non-hydrogen) atoms. The van der Waals surface area contributed by atoms with Gasteiger partial charge in [0, 0.05) is 14.2 Å². The van der Waals surface area contributed by atoms with Gasteiger partial charge >= 0.3 is 0 Å². The molecule has 0 atom stereocenters. The second-order valence-electron chi connectivity index (χ2n) is 2.72. The van der Waals surface area contributed by atoms with Gasteiger partial charge in [-0.1, -0.05) is 86.6 Å². The zero-order valence-corrected chi connectivity index (χ0v) is 12.9. The molecular formula is C17H29NO. The van der Waals surface area contributed by atoms with E-state index in [9.17, 15) is 0 Å². The van der Waals surface area contributed by atoms with Gasteiger partial charge in [-0.05, 0) is 7.05 Å². The molecule has 0 unspecified atom stereocenters. The van der Waals surface area contributed by atoms with Crippen LogP contribution in [-0.2, 0) is 4.74 Å². The first kappa shape index (κ1) is 22.5. The van der Waals surface area contributed by atoms with Gasteiger partial charge in [0.1, 0.15) is 0 Å². The normalized spacial score (nSPS) is 6.63. The highest BCUT2D eigenvalue weighted by molar-refractivity contribution is 4.99. The van der Waals surface area contributed by atoms with Crippen LogP contribution in [0.15, 0.2) is 72.8 Å². The van der Waals surface area contributed by atoms with E-state index in [1.54, 1.807) is 14.2 Å². The van der Waals surface area contributed by atoms with E-state index in [0.717, 1.165) is 0 Å². The summed E-state index contributed by atoms with van der Waals surface area (Å²) < 4.78 is 4.25. The fourth-order valence-electron chi connectivity index (χ4n) is 0.770. The lowest BCUT2D eigenvalue weighted by molar-refractivity contribution is 0.277. The van der Waals surface area contributed by atoms with Gasteiger partial charge in [-0.3, -0.25) is 0 Å². The van der Waals surface area contributed by atoms with E-state index in [0.29, 0.717) is 0 Å². The van der Waals surface area contributed by atoms with Crippen molar-refractivity contribution >= 4 is 0 Å². The smallest absolute Gasteiger partial charge is 0.0351 e. The summed E-state index contributed by atoms with van der Waals surface area (Å²) in [5.74, 6) is 0. The first-order chi connectivity index (χ1) is 9.41. The molecule has 0 aliphatic heterocycles. The van der Waals surface area contributed by atoms with Crippen LogP contribution in [0.1, 0.15) is 13.8 Å². The summed E-state index contributed by atoms with van der Waals surface area (Å²) in [7, 11) is 4.75. The second kappa shape index (κ2) is 29.9. The largest absolute Gasteiger partial charge is 0.388 e. The number of methoxy groups -OCH3 is 1. The summed E-state index contributed by atoms with van der Waals surface area (Å²) >= 11 is 0. The van der Waals surface area contributed by atoms with Crippen molar-refractivity contribution in [3.05, 3.63) is 72.8 Å². The van der Waals surface area contributed by atoms with Gasteiger partial charge < -0.3 is 10.5 Å². The van der Waals surface area contributed by atoms with Crippen molar-refractivity contribution < 1.29 is 4.74 Å². The summed E-state index contributed by atoms with van der Waals surface area (Å²) in [6.07, 6.45) is 0. The minimum absolute atomic E-state index is 1.50. The summed E-state index contributed by atoms with van der Waals surface area (Å²) in [5.41, 5.74) is 4.50. The Morgan fingerprint density at radius 3 is 0.579 bits per heavy atom. The van der Waals surface area contributed by atoms with Gasteiger partial charge in [0.2, 0.25) is 0 Å². The Kier molecular flexibility index (Phi) is 35.5. The van der Waals surface area contributed by atoms with E-state index in [1.807, 2.05) is 86.6 Å². The minimum atomic E-state index is 1.50. The van der Waals surface area contributed by atoms with E-state index in [-0.39, 0.29) is 0 Å². The van der Waals surface area contributed by atoms with E-state index in [4.69, 9.17) is 0 Å². The van der Waals surface area contributed by atoms with Crippen molar-refractivity contribution in [3.63, 3.8) is 0 Å². The fraction of sp³-hybridized carbons (Fsp3) is 0.294. The van der Waals surface area contributed by atoms with Crippen LogP contribution in [0.3, 0.4) is 0 Å². The molecule has 108 valence electrons. The quantitative estimate of drug-likeness (QED) is 0.771. The molecule has 0 aromatic heterocycles. The average Bonchev–Trinajstić information content (AvgIpc) is 2.56. The Hall–Kier alpha value is -1.64. The Morgan fingerprint density at radius 1 is 0.474 bits per heavy atom. The van der Waals surface area contributed by atoms with E-state index < -0.39 is 0 Å². The number of ether oxygens (including phenoxy) is 1. The van der Waals surface area contributed by atoms with E-state index in [2.05, 4.69) is 10.5 Å². The Labute approximate surface area is 119 Å². The summed E-state index contributed by atoms with van der Waals surface area (Å²) in [6.45, 7) is 4.00. The molecule has 0 bridgehead atoms. The van der Waals surface area contributed by atoms with Crippen molar-refractivity contribution in [1.29, 1.82) is 0 Å². The molecule has 0 spiro atoms. The maximum atomic E-state index is 4.50. The van der Waals surface area contributed by atoms with Crippen molar-refractivity contribution in [3.8, 4) is 0 Å². The molecule has 2 aromatic carbocycles. The number of hydrogen-bond donors (Lipinski definition) is 1. The van der Waals surface area contributed by atoms with Crippen molar-refractivity contribution in [2.45, 2.75) is 13.8 Å². The number of nitrogens with two attached hydrogens (primary N) is 1. The molecule has 2 nitrogen and oxygen atoms in total. The van der Waals surface area contributed by atoms with Crippen LogP contribution in [-0.4, -0.2) is 21.3 Å². The fourth-order valence-corrected chi connectivity index (χ4v) is 0.770. The maximum absolute atomic E-state index is 4.50. The van der Waals surface area contributed by atoms with E-state index in [1.165, 1.54) is 7.05 Å². The van der Waals surface area contributed by atoms with Gasteiger partial charge in [-0.25, -0.2) is 0 Å². The molecule has 0 saturated carbocycles. The Balaban J connectivity index is -0.000000187. The Morgan fingerprint density at radius 2 is 0.526 bits per heavy atom. The first-order valence-corrected chi connectivity index (χ1v) is 6.39. The Bertz CT molecular complexity index is 200. The third kappa shape index (κ3) is 31.4. The SMILES string of the molecule is CC.CN.COC.c1ccccc1.c1ccccc1. The predicted molar refractivity (Wildman–Crippen MR) is 87.3 cm³/mol. The first-order valence-electron chi connectivity index (χ1n) is 6.39. The highest BCUT2D eigenvalue weighted by Gasteiger charge is 1.58. The average molecular weight is 263 g/mol. The standard InChI is InChI=1S/2C6H6.C2H6O.C2H6.CH5N/c2*1-2-4-6-5-3-1;1-3-2;2*1-2/h2*1-6H;1-2H3;1-2H3;2H2,1H3. The maximum Gasteiger partial charge on any atom is 0.0351 e. The minimum Gasteiger partial charge on any atom is -0.388 e. The highest BCUT2D eigenvalue weighted by atomic mass is 16.4. The van der Waals surface area contributed by atoms with Crippen molar-refractivity contribution in [2.75, 3.05) is 21.3 Å². The zero-order chi connectivity index (χ0) is 15.2. The van der Waals surface area contributed by atoms with Crippen molar-refractivity contribution in [1.82, 2.24) is 0 Å². The van der Waals surface area contributed by atoms with Crippen LogP contribution >= 0.6 is 0 Å². The molecule has 0 radical (unpaired) electrons. The van der Waals surface area contributed by atoms with Crippen LogP contribution < -0.4 is 5.73 Å². The molecule has 0 amide bonds. The summed E-state index contributed by atoms with van der Waals surface area (Å²) in [5, 5.41) is 0. The molecule has 2 rings (SSSR count). The highest BCUT2D eigenvalue weighted by Crippen LogP contribution is 1.80. The molecule has 0 aliphatic carbocycles. The number of rotatable bonds is 0. The van der Waals surface area contributed by atoms with Gasteiger partial charge in [0.15, 0.2) is 0 Å². The molecule has 0 aliphatic rings. The number of benzene rings is 2. The predicted octanol–water partition coefficient (Wildman–Crippen LogP) is 4.24.